The number of carbonyl (C=O) groups excluding carboxylic acids is 1. The van der Waals surface area contributed by atoms with Crippen molar-refractivity contribution in [3.63, 3.8) is 0 Å². The Hall–Kier alpha value is -1.66. The van der Waals surface area contributed by atoms with Gasteiger partial charge in [-0.05, 0) is 25.3 Å². The number of rotatable bonds is 2. The number of aryl methyl sites for hydroxylation is 1. The Kier molecular flexibility index (Phi) is 3.58. The highest BCUT2D eigenvalue weighted by Gasteiger charge is 2.29. The number of amides is 1. The Labute approximate surface area is 121 Å². The minimum absolute atomic E-state index is 0.0672. The molecule has 2 aromatic heterocycles. The molecule has 1 aliphatic rings. The molecule has 0 N–H and O–H groups in total. The standard InChI is InChI=1S/C14H16N2O3S/c1-9-8-18-6-5-16(9)14(17)12-10(2)19-13(15-12)11-4-3-7-20-11/h3-4,7,9H,5-6,8H2,1-2H3/t9-/m1/s1. The van der Waals surface area contributed by atoms with Crippen molar-refractivity contribution in [2.24, 2.45) is 0 Å². The van der Waals surface area contributed by atoms with Gasteiger partial charge in [0.15, 0.2) is 5.69 Å². The summed E-state index contributed by atoms with van der Waals surface area (Å²) in [6.45, 7) is 5.50. The predicted molar refractivity (Wildman–Crippen MR) is 75.9 cm³/mol. The summed E-state index contributed by atoms with van der Waals surface area (Å²) in [5.41, 5.74) is 0.405. The van der Waals surface area contributed by atoms with Gasteiger partial charge in [0, 0.05) is 6.54 Å². The van der Waals surface area contributed by atoms with Crippen LogP contribution in [0.5, 0.6) is 0 Å². The molecule has 0 unspecified atom stereocenters. The van der Waals surface area contributed by atoms with Gasteiger partial charge in [-0.15, -0.1) is 11.3 Å². The summed E-state index contributed by atoms with van der Waals surface area (Å²) in [5, 5.41) is 1.96. The van der Waals surface area contributed by atoms with E-state index in [0.29, 0.717) is 37.1 Å². The van der Waals surface area contributed by atoms with E-state index >= 15 is 0 Å². The first kappa shape index (κ1) is 13.3. The molecular weight excluding hydrogens is 276 g/mol. The monoisotopic (exact) mass is 292 g/mol. The molecule has 1 atom stereocenters. The van der Waals surface area contributed by atoms with Gasteiger partial charge in [-0.1, -0.05) is 6.07 Å². The normalized spacial score (nSPS) is 19.3. The SMILES string of the molecule is Cc1oc(-c2cccs2)nc1C(=O)N1CCOC[C@H]1C. The van der Waals surface area contributed by atoms with Crippen LogP contribution >= 0.6 is 11.3 Å². The number of ether oxygens (including phenoxy) is 1. The van der Waals surface area contributed by atoms with Crippen molar-refractivity contribution in [2.75, 3.05) is 19.8 Å². The highest BCUT2D eigenvalue weighted by atomic mass is 32.1. The minimum atomic E-state index is -0.0788. The van der Waals surface area contributed by atoms with Gasteiger partial charge in [-0.2, -0.15) is 0 Å². The highest BCUT2D eigenvalue weighted by molar-refractivity contribution is 7.13. The van der Waals surface area contributed by atoms with Crippen LogP contribution in [0.1, 0.15) is 23.2 Å². The predicted octanol–water partition coefficient (Wildman–Crippen LogP) is 2.57. The van der Waals surface area contributed by atoms with Crippen LogP contribution in [0.15, 0.2) is 21.9 Å². The fourth-order valence-electron chi connectivity index (χ4n) is 2.27. The van der Waals surface area contributed by atoms with Gasteiger partial charge in [0.25, 0.3) is 5.91 Å². The van der Waals surface area contributed by atoms with Crippen LogP contribution in [-0.2, 0) is 4.74 Å². The average Bonchev–Trinajstić information content (AvgIpc) is 3.07. The number of thiophene rings is 1. The third kappa shape index (κ3) is 2.36. The quantitative estimate of drug-likeness (QED) is 0.853. The third-order valence-electron chi connectivity index (χ3n) is 3.36. The topological polar surface area (TPSA) is 55.6 Å². The molecule has 3 rings (SSSR count). The van der Waals surface area contributed by atoms with Gasteiger partial charge < -0.3 is 14.1 Å². The molecule has 1 fully saturated rings. The highest BCUT2D eigenvalue weighted by Crippen LogP contribution is 2.26. The number of oxazole rings is 1. The van der Waals surface area contributed by atoms with E-state index in [1.165, 1.54) is 0 Å². The van der Waals surface area contributed by atoms with Gasteiger partial charge in [-0.3, -0.25) is 4.79 Å². The lowest BCUT2D eigenvalue weighted by molar-refractivity contribution is 0.00321. The van der Waals surface area contributed by atoms with E-state index in [0.717, 1.165) is 4.88 Å². The van der Waals surface area contributed by atoms with Crippen LogP contribution in [-0.4, -0.2) is 41.6 Å². The van der Waals surface area contributed by atoms with Crippen molar-refractivity contribution in [2.45, 2.75) is 19.9 Å². The van der Waals surface area contributed by atoms with Crippen molar-refractivity contribution in [1.29, 1.82) is 0 Å². The Morgan fingerprint density at radius 3 is 3.10 bits per heavy atom. The summed E-state index contributed by atoms with van der Waals surface area (Å²) in [5.74, 6) is 1.00. The molecule has 6 heteroatoms. The number of aromatic nitrogens is 1. The number of carbonyl (C=O) groups is 1. The van der Waals surface area contributed by atoms with E-state index in [1.807, 2.05) is 24.4 Å². The van der Waals surface area contributed by atoms with Crippen LogP contribution < -0.4 is 0 Å². The molecule has 0 aromatic carbocycles. The summed E-state index contributed by atoms with van der Waals surface area (Å²) in [6, 6.07) is 3.93. The van der Waals surface area contributed by atoms with E-state index < -0.39 is 0 Å². The van der Waals surface area contributed by atoms with E-state index in [-0.39, 0.29) is 11.9 Å². The number of nitrogens with zero attached hydrogens (tertiary/aromatic N) is 2. The molecule has 0 spiro atoms. The van der Waals surface area contributed by atoms with E-state index in [4.69, 9.17) is 9.15 Å². The molecule has 106 valence electrons. The van der Waals surface area contributed by atoms with Crippen molar-refractivity contribution < 1.29 is 13.9 Å². The maximum Gasteiger partial charge on any atom is 0.276 e. The van der Waals surface area contributed by atoms with E-state index in [1.54, 1.807) is 23.2 Å². The van der Waals surface area contributed by atoms with Gasteiger partial charge in [0.2, 0.25) is 5.89 Å². The second kappa shape index (κ2) is 5.38. The number of morpholine rings is 1. The van der Waals surface area contributed by atoms with Crippen LogP contribution in [0.25, 0.3) is 10.8 Å². The van der Waals surface area contributed by atoms with Crippen molar-refractivity contribution in [3.05, 3.63) is 29.0 Å². The van der Waals surface area contributed by atoms with Crippen LogP contribution in [0.3, 0.4) is 0 Å². The second-order valence-electron chi connectivity index (χ2n) is 4.82. The summed E-state index contributed by atoms with van der Waals surface area (Å²) in [4.78, 5) is 19.7. The lowest BCUT2D eigenvalue weighted by Gasteiger charge is -2.32. The Morgan fingerprint density at radius 2 is 2.40 bits per heavy atom. The molecule has 3 heterocycles. The Balaban J connectivity index is 1.88. The van der Waals surface area contributed by atoms with Crippen LogP contribution in [0.2, 0.25) is 0 Å². The second-order valence-corrected chi connectivity index (χ2v) is 5.77. The lowest BCUT2D eigenvalue weighted by atomic mass is 10.2. The van der Waals surface area contributed by atoms with E-state index in [9.17, 15) is 4.79 Å². The van der Waals surface area contributed by atoms with Gasteiger partial charge in [-0.25, -0.2) is 4.98 Å². The fraction of sp³-hybridized carbons (Fsp3) is 0.429. The number of hydrogen-bond donors (Lipinski definition) is 0. The molecule has 0 bridgehead atoms. The maximum atomic E-state index is 12.6. The third-order valence-corrected chi connectivity index (χ3v) is 4.22. The Bertz CT molecular complexity index is 606. The van der Waals surface area contributed by atoms with Gasteiger partial charge in [0.05, 0.1) is 24.1 Å². The molecule has 1 saturated heterocycles. The fourth-order valence-corrected chi connectivity index (χ4v) is 2.91. The zero-order valence-electron chi connectivity index (χ0n) is 11.5. The molecule has 0 saturated carbocycles. The van der Waals surface area contributed by atoms with Crippen molar-refractivity contribution in [1.82, 2.24) is 9.88 Å². The largest absolute Gasteiger partial charge is 0.440 e. The molecule has 2 aromatic rings. The van der Waals surface area contributed by atoms with Crippen LogP contribution in [0.4, 0.5) is 0 Å². The van der Waals surface area contributed by atoms with Crippen molar-refractivity contribution >= 4 is 17.2 Å². The van der Waals surface area contributed by atoms with E-state index in [2.05, 4.69) is 4.98 Å². The first-order chi connectivity index (χ1) is 9.66. The summed E-state index contributed by atoms with van der Waals surface area (Å²) in [6.07, 6.45) is 0. The Morgan fingerprint density at radius 1 is 1.55 bits per heavy atom. The molecule has 1 amide bonds. The molecule has 0 aliphatic carbocycles. The van der Waals surface area contributed by atoms with Gasteiger partial charge >= 0.3 is 0 Å². The summed E-state index contributed by atoms with van der Waals surface area (Å²) in [7, 11) is 0. The summed E-state index contributed by atoms with van der Waals surface area (Å²) >= 11 is 1.54. The summed E-state index contributed by atoms with van der Waals surface area (Å²) < 4.78 is 11.0. The molecular formula is C14H16N2O3S. The zero-order chi connectivity index (χ0) is 14.1. The molecule has 0 radical (unpaired) electrons. The smallest absolute Gasteiger partial charge is 0.276 e. The van der Waals surface area contributed by atoms with Crippen molar-refractivity contribution in [3.8, 4) is 10.8 Å². The first-order valence-corrected chi connectivity index (χ1v) is 7.45. The number of hydrogen-bond acceptors (Lipinski definition) is 5. The molecule has 20 heavy (non-hydrogen) atoms. The minimum Gasteiger partial charge on any atom is -0.440 e. The first-order valence-electron chi connectivity index (χ1n) is 6.57. The maximum absolute atomic E-state index is 12.6. The van der Waals surface area contributed by atoms with Crippen LogP contribution in [0, 0.1) is 6.92 Å². The zero-order valence-corrected chi connectivity index (χ0v) is 12.3. The molecule has 1 aliphatic heterocycles. The average molecular weight is 292 g/mol. The molecule has 5 nitrogen and oxygen atoms in total. The van der Waals surface area contributed by atoms with Gasteiger partial charge in [0.1, 0.15) is 5.76 Å². The lowest BCUT2D eigenvalue weighted by Crippen LogP contribution is -2.47.